The third-order valence-corrected chi connectivity index (χ3v) is 6.03. The van der Waals surface area contributed by atoms with Crippen LogP contribution in [0.4, 0.5) is 23.2 Å². The molecule has 0 aliphatic carbocycles. The number of rotatable bonds is 6. The smallest absolute Gasteiger partial charge is 0.323 e. The maximum absolute atomic E-state index is 14.7. The van der Waals surface area contributed by atoms with Crippen molar-refractivity contribution in [3.63, 3.8) is 0 Å². The molecule has 0 spiro atoms. The Balaban J connectivity index is 1.78. The molecule has 0 saturated carbocycles. The Hall–Kier alpha value is -2.04. The van der Waals surface area contributed by atoms with Gasteiger partial charge in [-0.1, -0.05) is 13.0 Å². The number of anilines is 1. The monoisotopic (exact) mass is 516 g/mol. The lowest BCUT2D eigenvalue weighted by Crippen LogP contribution is -2.45. The number of carbonyl (C=O) groups excluding carboxylic acids is 1. The molecule has 3 rings (SSSR count). The highest BCUT2D eigenvalue weighted by Crippen LogP contribution is 2.36. The Morgan fingerprint density at radius 1 is 1.12 bits per heavy atom. The van der Waals surface area contributed by atoms with Gasteiger partial charge in [-0.2, -0.15) is 13.2 Å². The van der Waals surface area contributed by atoms with Gasteiger partial charge in [0.2, 0.25) is 5.91 Å². The molecule has 2 heterocycles. The number of nitrogens with zero attached hydrogens (tertiary/aromatic N) is 3. The number of aryl methyl sites for hydroxylation is 1. The fourth-order valence-electron chi connectivity index (χ4n) is 3.72. The van der Waals surface area contributed by atoms with Crippen molar-refractivity contribution in [2.24, 2.45) is 0 Å². The number of aromatic nitrogens is 1. The number of halogens is 5. The highest BCUT2D eigenvalue weighted by molar-refractivity contribution is 9.10. The summed E-state index contributed by atoms with van der Waals surface area (Å²) < 4.78 is 56.5. The zero-order valence-corrected chi connectivity index (χ0v) is 19.5. The van der Waals surface area contributed by atoms with E-state index in [-0.39, 0.29) is 18.5 Å². The summed E-state index contributed by atoms with van der Waals surface area (Å²) in [5, 5.41) is 2.28. The standard InChI is InChI=1S/C22H25BrF4N4O/c1-3-30-6-8-31(9-7-30)13-16-10-18(24)19(12-17(16)22(25,26)27)29-21(32)11-15-4-5-20(23)28-14(15)2/h4-5,10,12H,3,6-9,11,13H2,1-2H3,(H,29,32). The summed E-state index contributed by atoms with van der Waals surface area (Å²) >= 11 is 3.23. The van der Waals surface area contributed by atoms with Crippen LogP contribution in [0.15, 0.2) is 28.9 Å². The predicted molar refractivity (Wildman–Crippen MR) is 118 cm³/mol. The SMILES string of the molecule is CCN1CCN(Cc2cc(F)c(NC(=O)Cc3ccc(Br)nc3C)cc2C(F)(F)F)CC1. The van der Waals surface area contributed by atoms with Crippen molar-refractivity contribution < 1.29 is 22.4 Å². The molecule has 2 aromatic rings. The first-order chi connectivity index (χ1) is 15.1. The largest absolute Gasteiger partial charge is 0.416 e. The summed E-state index contributed by atoms with van der Waals surface area (Å²) in [5.74, 6) is -1.51. The van der Waals surface area contributed by atoms with Crippen LogP contribution < -0.4 is 5.32 Å². The van der Waals surface area contributed by atoms with Crippen LogP contribution in [0.3, 0.4) is 0 Å². The molecule has 0 unspecified atom stereocenters. The summed E-state index contributed by atoms with van der Waals surface area (Å²) in [4.78, 5) is 20.7. The van der Waals surface area contributed by atoms with Crippen molar-refractivity contribution in [3.8, 4) is 0 Å². The third-order valence-electron chi connectivity index (χ3n) is 5.59. The second-order valence-corrected chi connectivity index (χ2v) is 8.61. The van der Waals surface area contributed by atoms with Gasteiger partial charge < -0.3 is 10.2 Å². The highest BCUT2D eigenvalue weighted by Gasteiger charge is 2.35. The molecule has 1 fully saturated rings. The molecule has 0 bridgehead atoms. The molecule has 1 aliphatic rings. The molecule has 1 amide bonds. The van der Waals surface area contributed by atoms with Crippen molar-refractivity contribution in [1.82, 2.24) is 14.8 Å². The fraction of sp³-hybridized carbons (Fsp3) is 0.455. The number of hydrogen-bond donors (Lipinski definition) is 1. The molecule has 0 atom stereocenters. The summed E-state index contributed by atoms with van der Waals surface area (Å²) in [6, 6.07) is 4.92. The molecule has 1 aliphatic heterocycles. The summed E-state index contributed by atoms with van der Waals surface area (Å²) in [6.45, 7) is 7.40. The van der Waals surface area contributed by atoms with E-state index >= 15 is 0 Å². The number of alkyl halides is 3. The molecule has 5 nitrogen and oxygen atoms in total. The predicted octanol–water partition coefficient (Wildman–Crippen LogP) is 4.63. The van der Waals surface area contributed by atoms with Gasteiger partial charge in [0, 0.05) is 38.4 Å². The first kappa shape index (κ1) is 24.6. The van der Waals surface area contributed by atoms with Crippen LogP contribution in [-0.4, -0.2) is 53.4 Å². The van der Waals surface area contributed by atoms with Gasteiger partial charge >= 0.3 is 6.18 Å². The van der Waals surface area contributed by atoms with Crippen molar-refractivity contribution in [1.29, 1.82) is 0 Å². The highest BCUT2D eigenvalue weighted by atomic mass is 79.9. The molecular formula is C22H25BrF4N4O. The van der Waals surface area contributed by atoms with E-state index < -0.39 is 29.2 Å². The molecular weight excluding hydrogens is 492 g/mol. The Morgan fingerprint density at radius 2 is 1.78 bits per heavy atom. The zero-order chi connectivity index (χ0) is 23.5. The Morgan fingerprint density at radius 3 is 2.38 bits per heavy atom. The number of nitrogens with one attached hydrogen (secondary N) is 1. The topological polar surface area (TPSA) is 48.5 Å². The minimum atomic E-state index is -4.67. The van der Waals surface area contributed by atoms with E-state index in [9.17, 15) is 22.4 Å². The lowest BCUT2D eigenvalue weighted by Gasteiger charge is -2.34. The minimum Gasteiger partial charge on any atom is -0.323 e. The van der Waals surface area contributed by atoms with Crippen molar-refractivity contribution in [2.45, 2.75) is 33.0 Å². The van der Waals surface area contributed by atoms with E-state index in [0.717, 1.165) is 25.7 Å². The fourth-order valence-corrected chi connectivity index (χ4v) is 4.12. The van der Waals surface area contributed by atoms with Crippen molar-refractivity contribution >= 4 is 27.5 Å². The van der Waals surface area contributed by atoms with E-state index in [2.05, 4.69) is 31.1 Å². The first-order valence-electron chi connectivity index (χ1n) is 10.3. The molecule has 10 heteroatoms. The molecule has 1 aromatic carbocycles. The summed E-state index contributed by atoms with van der Waals surface area (Å²) in [5.41, 5.74) is -0.349. The number of pyridine rings is 1. The molecule has 0 radical (unpaired) electrons. The summed E-state index contributed by atoms with van der Waals surface area (Å²) in [7, 11) is 0. The van der Waals surface area contributed by atoms with Crippen LogP contribution in [0.1, 0.15) is 29.3 Å². The van der Waals surface area contributed by atoms with Crippen molar-refractivity contribution in [2.75, 3.05) is 38.0 Å². The van der Waals surface area contributed by atoms with Gasteiger partial charge in [-0.15, -0.1) is 0 Å². The van der Waals surface area contributed by atoms with Crippen LogP contribution in [-0.2, 0) is 23.9 Å². The number of amides is 1. The quantitative estimate of drug-likeness (QED) is 0.449. The average molecular weight is 517 g/mol. The normalized spacial score (nSPS) is 15.7. The molecule has 32 heavy (non-hydrogen) atoms. The van der Waals surface area contributed by atoms with E-state index in [0.29, 0.717) is 35.0 Å². The number of hydrogen-bond acceptors (Lipinski definition) is 4. The van der Waals surface area contributed by atoms with Crippen LogP contribution in [0.25, 0.3) is 0 Å². The van der Waals surface area contributed by atoms with E-state index in [1.807, 2.05) is 11.8 Å². The van der Waals surface area contributed by atoms with Crippen LogP contribution >= 0.6 is 15.9 Å². The maximum Gasteiger partial charge on any atom is 0.416 e. The number of carbonyl (C=O) groups is 1. The van der Waals surface area contributed by atoms with Gasteiger partial charge in [0.05, 0.1) is 17.7 Å². The number of likely N-dealkylation sites (N-methyl/N-ethyl adjacent to an activating group) is 1. The average Bonchev–Trinajstić information content (AvgIpc) is 2.71. The minimum absolute atomic E-state index is 0.00129. The van der Waals surface area contributed by atoms with Crippen LogP contribution in [0, 0.1) is 12.7 Å². The molecule has 174 valence electrons. The number of benzene rings is 1. The van der Waals surface area contributed by atoms with Crippen LogP contribution in [0.5, 0.6) is 0 Å². The van der Waals surface area contributed by atoms with Gasteiger partial charge in [0.25, 0.3) is 0 Å². The van der Waals surface area contributed by atoms with E-state index in [1.54, 1.807) is 19.1 Å². The second kappa shape index (κ2) is 10.3. The van der Waals surface area contributed by atoms with E-state index in [1.165, 1.54) is 0 Å². The zero-order valence-electron chi connectivity index (χ0n) is 17.9. The lowest BCUT2D eigenvalue weighted by atomic mass is 10.0. The first-order valence-corrected chi connectivity index (χ1v) is 11.1. The lowest BCUT2D eigenvalue weighted by molar-refractivity contribution is -0.138. The van der Waals surface area contributed by atoms with Gasteiger partial charge in [-0.05, 0) is 58.7 Å². The third kappa shape index (κ3) is 6.26. The Labute approximate surface area is 192 Å². The Bertz CT molecular complexity index is 975. The maximum atomic E-state index is 14.7. The summed E-state index contributed by atoms with van der Waals surface area (Å²) in [6.07, 6.45) is -4.80. The molecule has 1 saturated heterocycles. The van der Waals surface area contributed by atoms with Gasteiger partial charge in [0.15, 0.2) is 0 Å². The number of piperazine rings is 1. The van der Waals surface area contributed by atoms with Gasteiger partial charge in [-0.25, -0.2) is 9.37 Å². The second-order valence-electron chi connectivity index (χ2n) is 7.80. The van der Waals surface area contributed by atoms with Gasteiger partial charge in [-0.3, -0.25) is 9.69 Å². The van der Waals surface area contributed by atoms with Crippen LogP contribution in [0.2, 0.25) is 0 Å². The Kier molecular flexibility index (Phi) is 7.89. The molecule has 1 N–H and O–H groups in total. The van der Waals surface area contributed by atoms with Gasteiger partial charge in [0.1, 0.15) is 10.4 Å². The van der Waals surface area contributed by atoms with Crippen molar-refractivity contribution in [3.05, 3.63) is 57.1 Å². The molecule has 1 aromatic heterocycles. The van der Waals surface area contributed by atoms with E-state index in [4.69, 9.17) is 0 Å².